The van der Waals surface area contributed by atoms with Gasteiger partial charge in [-0.3, -0.25) is 4.79 Å². The lowest BCUT2D eigenvalue weighted by molar-refractivity contribution is -0.130. The Labute approximate surface area is 84.9 Å². The number of allylic oxidation sites excluding steroid dienone is 2. The highest BCUT2D eigenvalue weighted by Gasteiger charge is 2.25. The van der Waals surface area contributed by atoms with Crippen molar-refractivity contribution in [3.05, 3.63) is 12.2 Å². The van der Waals surface area contributed by atoms with Crippen molar-refractivity contribution in [2.75, 3.05) is 13.1 Å². The first kappa shape index (κ1) is 9.71. The van der Waals surface area contributed by atoms with E-state index in [4.69, 9.17) is 5.73 Å². The summed E-state index contributed by atoms with van der Waals surface area (Å²) < 4.78 is 0. The Morgan fingerprint density at radius 2 is 2.36 bits per heavy atom. The van der Waals surface area contributed by atoms with Gasteiger partial charge in [-0.25, -0.2) is 0 Å². The van der Waals surface area contributed by atoms with Crippen LogP contribution in [0.2, 0.25) is 0 Å². The summed E-state index contributed by atoms with van der Waals surface area (Å²) in [6.07, 6.45) is 8.28. The van der Waals surface area contributed by atoms with Gasteiger partial charge in [0, 0.05) is 25.6 Å². The molecule has 0 radical (unpaired) electrons. The maximum Gasteiger partial charge on any atom is 0.223 e. The van der Waals surface area contributed by atoms with Crippen LogP contribution in [-0.2, 0) is 4.79 Å². The minimum absolute atomic E-state index is 0.207. The van der Waals surface area contributed by atoms with Gasteiger partial charge in [-0.1, -0.05) is 12.2 Å². The van der Waals surface area contributed by atoms with Gasteiger partial charge in [0.15, 0.2) is 0 Å². The fraction of sp³-hybridized carbons (Fsp3) is 0.727. The average molecular weight is 194 g/mol. The molecule has 2 rings (SSSR count). The highest BCUT2D eigenvalue weighted by Crippen LogP contribution is 2.22. The monoisotopic (exact) mass is 194 g/mol. The van der Waals surface area contributed by atoms with Crippen LogP contribution in [0.25, 0.3) is 0 Å². The van der Waals surface area contributed by atoms with Crippen molar-refractivity contribution in [3.63, 3.8) is 0 Å². The van der Waals surface area contributed by atoms with Gasteiger partial charge < -0.3 is 10.6 Å². The summed E-state index contributed by atoms with van der Waals surface area (Å²) in [7, 11) is 0. The van der Waals surface area contributed by atoms with E-state index in [1.165, 1.54) is 0 Å². The molecule has 0 saturated carbocycles. The summed E-state index contributed by atoms with van der Waals surface area (Å²) in [5, 5.41) is 0. The second kappa shape index (κ2) is 4.13. The van der Waals surface area contributed by atoms with Gasteiger partial charge in [-0.05, 0) is 25.2 Å². The van der Waals surface area contributed by atoms with E-state index < -0.39 is 0 Å². The molecule has 0 aromatic rings. The Balaban J connectivity index is 1.80. The highest BCUT2D eigenvalue weighted by atomic mass is 16.2. The van der Waals surface area contributed by atoms with Gasteiger partial charge in [-0.15, -0.1) is 0 Å². The molecule has 0 aromatic heterocycles. The van der Waals surface area contributed by atoms with E-state index in [1.807, 2.05) is 4.90 Å². The number of nitrogens with two attached hydrogens (primary N) is 1. The number of amides is 1. The molecule has 1 saturated heterocycles. The van der Waals surface area contributed by atoms with E-state index in [9.17, 15) is 4.79 Å². The fourth-order valence-electron chi connectivity index (χ4n) is 2.23. The molecule has 1 heterocycles. The lowest BCUT2D eigenvalue weighted by Gasteiger charge is -2.17. The summed E-state index contributed by atoms with van der Waals surface area (Å²) >= 11 is 0. The first-order valence-corrected chi connectivity index (χ1v) is 5.45. The molecule has 78 valence electrons. The summed E-state index contributed by atoms with van der Waals surface area (Å²) in [4.78, 5) is 13.7. The van der Waals surface area contributed by atoms with E-state index in [-0.39, 0.29) is 11.9 Å². The van der Waals surface area contributed by atoms with E-state index in [0.29, 0.717) is 12.3 Å². The van der Waals surface area contributed by atoms with E-state index >= 15 is 0 Å². The van der Waals surface area contributed by atoms with Crippen LogP contribution in [0.5, 0.6) is 0 Å². The third-order valence-corrected chi connectivity index (χ3v) is 3.13. The van der Waals surface area contributed by atoms with Crippen LogP contribution in [0.3, 0.4) is 0 Å². The molecule has 1 unspecified atom stereocenters. The van der Waals surface area contributed by atoms with Crippen molar-refractivity contribution in [2.45, 2.75) is 31.7 Å². The standard InChI is InChI=1S/C11H18N2O/c12-10-5-6-13(8-10)11(14)7-9-3-1-2-4-9/h1,3,9-10H,2,4-8,12H2/t9?,10-/m0/s1. The number of hydrogen-bond acceptors (Lipinski definition) is 2. The van der Waals surface area contributed by atoms with Gasteiger partial charge in [0.2, 0.25) is 5.91 Å². The van der Waals surface area contributed by atoms with Crippen molar-refractivity contribution in [1.29, 1.82) is 0 Å². The van der Waals surface area contributed by atoms with E-state index in [2.05, 4.69) is 12.2 Å². The molecule has 1 aliphatic heterocycles. The van der Waals surface area contributed by atoms with Crippen LogP contribution in [0, 0.1) is 5.92 Å². The third kappa shape index (κ3) is 2.15. The van der Waals surface area contributed by atoms with Crippen molar-refractivity contribution in [1.82, 2.24) is 4.90 Å². The predicted octanol–water partition coefficient (Wildman–Crippen LogP) is 0.902. The lowest BCUT2D eigenvalue weighted by atomic mass is 10.0. The summed E-state index contributed by atoms with van der Waals surface area (Å²) in [6.45, 7) is 1.62. The number of rotatable bonds is 2. The van der Waals surface area contributed by atoms with Gasteiger partial charge in [0.05, 0.1) is 0 Å². The maximum atomic E-state index is 11.8. The zero-order valence-corrected chi connectivity index (χ0v) is 8.48. The number of carbonyl (C=O) groups is 1. The first-order chi connectivity index (χ1) is 6.75. The molecule has 1 aliphatic carbocycles. The Kier molecular flexibility index (Phi) is 2.87. The quantitative estimate of drug-likeness (QED) is 0.664. The highest BCUT2D eigenvalue weighted by molar-refractivity contribution is 5.77. The minimum Gasteiger partial charge on any atom is -0.341 e. The van der Waals surface area contributed by atoms with Crippen molar-refractivity contribution in [2.24, 2.45) is 11.7 Å². The predicted molar refractivity (Wildman–Crippen MR) is 55.7 cm³/mol. The second-order valence-electron chi connectivity index (χ2n) is 4.36. The van der Waals surface area contributed by atoms with Gasteiger partial charge in [0.25, 0.3) is 0 Å². The first-order valence-electron chi connectivity index (χ1n) is 5.45. The maximum absolute atomic E-state index is 11.8. The summed E-state index contributed by atoms with van der Waals surface area (Å²) in [6, 6.07) is 0.207. The van der Waals surface area contributed by atoms with E-state index in [0.717, 1.165) is 32.4 Å². The minimum atomic E-state index is 0.207. The normalized spacial score (nSPS) is 31.4. The lowest BCUT2D eigenvalue weighted by Crippen LogP contribution is -2.32. The molecular weight excluding hydrogens is 176 g/mol. The smallest absolute Gasteiger partial charge is 0.223 e. The zero-order valence-electron chi connectivity index (χ0n) is 8.48. The van der Waals surface area contributed by atoms with Crippen LogP contribution < -0.4 is 5.73 Å². The molecule has 2 atom stereocenters. The molecule has 2 N–H and O–H groups in total. The van der Waals surface area contributed by atoms with Crippen LogP contribution >= 0.6 is 0 Å². The van der Waals surface area contributed by atoms with Crippen LogP contribution in [0.15, 0.2) is 12.2 Å². The Morgan fingerprint density at radius 3 is 2.93 bits per heavy atom. The molecule has 3 heteroatoms. The van der Waals surface area contributed by atoms with Gasteiger partial charge in [-0.2, -0.15) is 0 Å². The molecule has 0 bridgehead atoms. The largest absolute Gasteiger partial charge is 0.341 e. The Morgan fingerprint density at radius 1 is 1.50 bits per heavy atom. The zero-order chi connectivity index (χ0) is 9.97. The number of hydrogen-bond donors (Lipinski definition) is 1. The summed E-state index contributed by atoms with van der Waals surface area (Å²) in [5.74, 6) is 0.772. The van der Waals surface area contributed by atoms with Gasteiger partial charge >= 0.3 is 0 Å². The molecule has 14 heavy (non-hydrogen) atoms. The van der Waals surface area contributed by atoms with Crippen molar-refractivity contribution >= 4 is 5.91 Å². The topological polar surface area (TPSA) is 46.3 Å². The van der Waals surface area contributed by atoms with Crippen LogP contribution in [0.1, 0.15) is 25.7 Å². The average Bonchev–Trinajstić information content (AvgIpc) is 2.75. The van der Waals surface area contributed by atoms with Crippen LogP contribution in [0.4, 0.5) is 0 Å². The van der Waals surface area contributed by atoms with Crippen LogP contribution in [-0.4, -0.2) is 29.9 Å². The number of carbonyl (C=O) groups excluding carboxylic acids is 1. The number of likely N-dealkylation sites (tertiary alicyclic amines) is 1. The molecular formula is C11H18N2O. The molecule has 3 nitrogen and oxygen atoms in total. The Bertz CT molecular complexity index is 250. The molecule has 0 spiro atoms. The Hall–Kier alpha value is -0.830. The van der Waals surface area contributed by atoms with Gasteiger partial charge in [0.1, 0.15) is 0 Å². The fourth-order valence-corrected chi connectivity index (χ4v) is 2.23. The molecule has 2 aliphatic rings. The molecule has 1 amide bonds. The SMILES string of the molecule is N[C@H]1CCN(C(=O)CC2C=CCC2)C1. The number of nitrogens with zero attached hydrogens (tertiary/aromatic N) is 1. The second-order valence-corrected chi connectivity index (χ2v) is 4.36. The molecule has 0 aromatic carbocycles. The summed E-state index contributed by atoms with van der Waals surface area (Å²) in [5.41, 5.74) is 5.76. The third-order valence-electron chi connectivity index (χ3n) is 3.13. The van der Waals surface area contributed by atoms with E-state index in [1.54, 1.807) is 0 Å². The molecule has 1 fully saturated rings. The van der Waals surface area contributed by atoms with Crippen molar-refractivity contribution < 1.29 is 4.79 Å². The van der Waals surface area contributed by atoms with Crippen molar-refractivity contribution in [3.8, 4) is 0 Å².